The minimum atomic E-state index is -0.383. The van der Waals surface area contributed by atoms with E-state index < -0.39 is 0 Å². The lowest BCUT2D eigenvalue weighted by Crippen LogP contribution is -2.29. The van der Waals surface area contributed by atoms with Gasteiger partial charge < -0.3 is 24.7 Å². The van der Waals surface area contributed by atoms with E-state index in [4.69, 9.17) is 24.7 Å². The smallest absolute Gasteiger partial charge is 0.242 e. The van der Waals surface area contributed by atoms with Gasteiger partial charge in [-0.1, -0.05) is 0 Å². The molecule has 6 nitrogen and oxygen atoms in total. The molecule has 1 aromatic carbocycles. The second-order valence-corrected chi connectivity index (χ2v) is 5.59. The molecule has 1 saturated heterocycles. The number of benzene rings is 1. The zero-order chi connectivity index (χ0) is 16.8. The number of rotatable bonds is 6. The lowest BCUT2D eigenvalue weighted by molar-refractivity contribution is -0.225. The first-order valence-electron chi connectivity index (χ1n) is 8.13. The standard InChI is InChI=1S/C18H22N2O4/c1-13(23-17-6-2-3-12-21-17)22-14-7-9-15(10-8-14)24-18-16(19)5-4-11-20-18/h4-5,7-11,13,17H,2-3,6,12,19H2,1H3. The van der Waals surface area contributed by atoms with Crippen LogP contribution < -0.4 is 15.2 Å². The highest BCUT2D eigenvalue weighted by atomic mass is 16.8. The Kier molecular flexibility index (Phi) is 5.51. The first kappa shape index (κ1) is 16.5. The molecule has 0 aliphatic carbocycles. The number of nitrogens with zero attached hydrogens (tertiary/aromatic N) is 1. The minimum Gasteiger partial charge on any atom is -0.465 e. The zero-order valence-corrected chi connectivity index (χ0v) is 13.7. The van der Waals surface area contributed by atoms with Crippen molar-refractivity contribution in [3.8, 4) is 17.4 Å². The van der Waals surface area contributed by atoms with Gasteiger partial charge in [-0.05, 0) is 62.6 Å². The maximum Gasteiger partial charge on any atom is 0.242 e. The third kappa shape index (κ3) is 4.59. The highest BCUT2D eigenvalue weighted by molar-refractivity contribution is 5.49. The predicted octanol–water partition coefficient (Wildman–Crippen LogP) is 3.72. The number of aromatic nitrogens is 1. The summed E-state index contributed by atoms with van der Waals surface area (Å²) in [6.07, 6.45) is 4.20. The van der Waals surface area contributed by atoms with Gasteiger partial charge in [0, 0.05) is 12.8 Å². The molecule has 0 spiro atoms. The van der Waals surface area contributed by atoms with Crippen LogP contribution in [-0.2, 0) is 9.47 Å². The fourth-order valence-corrected chi connectivity index (χ4v) is 2.44. The maximum atomic E-state index is 5.81. The topological polar surface area (TPSA) is 75.8 Å². The Balaban J connectivity index is 1.53. The molecule has 0 bridgehead atoms. The molecule has 2 unspecified atom stereocenters. The van der Waals surface area contributed by atoms with Crippen LogP contribution in [-0.4, -0.2) is 24.2 Å². The van der Waals surface area contributed by atoms with Gasteiger partial charge in [-0.2, -0.15) is 0 Å². The Hall–Kier alpha value is -2.31. The Morgan fingerprint density at radius 2 is 1.96 bits per heavy atom. The average molecular weight is 330 g/mol. The number of anilines is 1. The van der Waals surface area contributed by atoms with E-state index in [1.807, 2.05) is 19.1 Å². The van der Waals surface area contributed by atoms with E-state index in [-0.39, 0.29) is 12.6 Å². The van der Waals surface area contributed by atoms with E-state index >= 15 is 0 Å². The van der Waals surface area contributed by atoms with Crippen LogP contribution in [0, 0.1) is 0 Å². The van der Waals surface area contributed by atoms with Gasteiger partial charge in [-0.3, -0.25) is 0 Å². The first-order chi connectivity index (χ1) is 11.7. The van der Waals surface area contributed by atoms with Crippen LogP contribution in [0.2, 0.25) is 0 Å². The van der Waals surface area contributed by atoms with Gasteiger partial charge in [-0.25, -0.2) is 4.98 Å². The van der Waals surface area contributed by atoms with E-state index in [0.717, 1.165) is 25.9 Å². The summed E-state index contributed by atoms with van der Waals surface area (Å²) >= 11 is 0. The van der Waals surface area contributed by atoms with E-state index in [1.165, 1.54) is 0 Å². The summed E-state index contributed by atoms with van der Waals surface area (Å²) in [6, 6.07) is 10.7. The largest absolute Gasteiger partial charge is 0.465 e. The fourth-order valence-electron chi connectivity index (χ4n) is 2.44. The number of hydrogen-bond donors (Lipinski definition) is 1. The quantitative estimate of drug-likeness (QED) is 0.814. The predicted molar refractivity (Wildman–Crippen MR) is 89.9 cm³/mol. The number of nitrogens with two attached hydrogens (primary N) is 1. The molecule has 2 heterocycles. The molecule has 3 rings (SSSR count). The van der Waals surface area contributed by atoms with Gasteiger partial charge in [0.1, 0.15) is 11.5 Å². The zero-order valence-electron chi connectivity index (χ0n) is 13.7. The van der Waals surface area contributed by atoms with Crippen molar-refractivity contribution >= 4 is 5.69 Å². The molecular formula is C18H22N2O4. The Labute approximate surface area is 141 Å². The lowest BCUT2D eigenvalue weighted by Gasteiger charge is -2.26. The van der Waals surface area contributed by atoms with Gasteiger partial charge in [0.05, 0.1) is 5.69 Å². The first-order valence-corrected chi connectivity index (χ1v) is 8.13. The molecule has 1 fully saturated rings. The third-order valence-corrected chi connectivity index (χ3v) is 3.62. The SMILES string of the molecule is CC(Oc1ccc(Oc2ncccc2N)cc1)OC1CCCCO1. The van der Waals surface area contributed by atoms with Crippen molar-refractivity contribution in [2.75, 3.05) is 12.3 Å². The molecule has 0 saturated carbocycles. The van der Waals surface area contributed by atoms with Crippen molar-refractivity contribution in [1.29, 1.82) is 0 Å². The Bertz CT molecular complexity index is 642. The summed E-state index contributed by atoms with van der Waals surface area (Å²) in [5.74, 6) is 1.72. The van der Waals surface area contributed by atoms with E-state index in [1.54, 1.807) is 30.5 Å². The van der Waals surface area contributed by atoms with Gasteiger partial charge >= 0.3 is 0 Å². The van der Waals surface area contributed by atoms with Crippen molar-refractivity contribution in [3.63, 3.8) is 0 Å². The molecule has 0 amide bonds. The van der Waals surface area contributed by atoms with Crippen molar-refractivity contribution < 1.29 is 18.9 Å². The maximum absolute atomic E-state index is 5.81. The molecule has 1 aliphatic heterocycles. The van der Waals surface area contributed by atoms with Crippen LogP contribution in [0.5, 0.6) is 17.4 Å². The second-order valence-electron chi connectivity index (χ2n) is 5.59. The molecule has 2 atom stereocenters. The average Bonchev–Trinajstić information content (AvgIpc) is 2.59. The summed E-state index contributed by atoms with van der Waals surface area (Å²) < 4.78 is 22.7. The van der Waals surface area contributed by atoms with Crippen LogP contribution in [0.15, 0.2) is 42.6 Å². The summed E-state index contributed by atoms with van der Waals surface area (Å²) in [4.78, 5) is 4.10. The molecule has 128 valence electrons. The fraction of sp³-hybridized carbons (Fsp3) is 0.389. The second kappa shape index (κ2) is 7.99. The number of hydrogen-bond acceptors (Lipinski definition) is 6. The molecule has 6 heteroatoms. The number of nitrogen functional groups attached to an aromatic ring is 1. The molecule has 24 heavy (non-hydrogen) atoms. The number of pyridine rings is 1. The van der Waals surface area contributed by atoms with Crippen molar-refractivity contribution in [3.05, 3.63) is 42.6 Å². The van der Waals surface area contributed by atoms with Gasteiger partial charge in [0.25, 0.3) is 0 Å². The third-order valence-electron chi connectivity index (χ3n) is 3.62. The van der Waals surface area contributed by atoms with E-state index in [0.29, 0.717) is 23.1 Å². The van der Waals surface area contributed by atoms with Crippen LogP contribution in [0.25, 0.3) is 0 Å². The van der Waals surface area contributed by atoms with Crippen LogP contribution >= 0.6 is 0 Å². The van der Waals surface area contributed by atoms with Gasteiger partial charge in [0.15, 0.2) is 12.6 Å². The van der Waals surface area contributed by atoms with Gasteiger partial charge in [0.2, 0.25) is 5.88 Å². The van der Waals surface area contributed by atoms with Crippen molar-refractivity contribution in [2.24, 2.45) is 0 Å². The highest BCUT2D eigenvalue weighted by Crippen LogP contribution is 2.26. The molecule has 2 N–H and O–H groups in total. The van der Waals surface area contributed by atoms with E-state index in [2.05, 4.69) is 4.98 Å². The van der Waals surface area contributed by atoms with Crippen molar-refractivity contribution in [2.45, 2.75) is 38.8 Å². The number of ether oxygens (including phenoxy) is 4. The van der Waals surface area contributed by atoms with Crippen LogP contribution in [0.4, 0.5) is 5.69 Å². The Morgan fingerprint density at radius 1 is 1.17 bits per heavy atom. The summed E-state index contributed by atoms with van der Waals surface area (Å²) in [5.41, 5.74) is 6.31. The monoisotopic (exact) mass is 330 g/mol. The summed E-state index contributed by atoms with van der Waals surface area (Å²) in [7, 11) is 0. The lowest BCUT2D eigenvalue weighted by atomic mass is 10.2. The molecule has 1 aromatic heterocycles. The highest BCUT2D eigenvalue weighted by Gasteiger charge is 2.18. The van der Waals surface area contributed by atoms with Crippen LogP contribution in [0.3, 0.4) is 0 Å². The van der Waals surface area contributed by atoms with Crippen molar-refractivity contribution in [1.82, 2.24) is 4.98 Å². The molecule has 1 aliphatic rings. The molecule has 2 aromatic rings. The summed E-state index contributed by atoms with van der Waals surface area (Å²) in [5, 5.41) is 0. The summed E-state index contributed by atoms with van der Waals surface area (Å²) in [6.45, 7) is 2.61. The van der Waals surface area contributed by atoms with E-state index in [9.17, 15) is 0 Å². The van der Waals surface area contributed by atoms with Gasteiger partial charge in [-0.15, -0.1) is 0 Å². The Morgan fingerprint density at radius 3 is 2.67 bits per heavy atom. The molecular weight excluding hydrogens is 308 g/mol. The molecule has 0 radical (unpaired) electrons. The normalized spacial score (nSPS) is 18.8. The van der Waals surface area contributed by atoms with Crippen LogP contribution in [0.1, 0.15) is 26.2 Å². The minimum absolute atomic E-state index is 0.177.